The van der Waals surface area contributed by atoms with Gasteiger partial charge in [-0.2, -0.15) is 0 Å². The van der Waals surface area contributed by atoms with Gasteiger partial charge in [-0.05, 0) is 62.6 Å². The Morgan fingerprint density at radius 3 is 2.41 bits per heavy atom. The van der Waals surface area contributed by atoms with E-state index in [0.29, 0.717) is 32.2 Å². The smallest absolute Gasteiger partial charge is 0.243 e. The van der Waals surface area contributed by atoms with Gasteiger partial charge < -0.3 is 26.2 Å². The first-order chi connectivity index (χ1) is 18.5. The number of rotatable bonds is 1. The lowest BCUT2D eigenvalue weighted by atomic mass is 9.96. The average Bonchev–Trinajstić information content (AvgIpc) is 2.92. The minimum atomic E-state index is -1.09. The van der Waals surface area contributed by atoms with Crippen LogP contribution in [0.4, 0.5) is 0 Å². The summed E-state index contributed by atoms with van der Waals surface area (Å²) in [7, 11) is 0. The van der Waals surface area contributed by atoms with Gasteiger partial charge in [-0.3, -0.25) is 14.4 Å². The molecule has 4 bridgehead atoms. The summed E-state index contributed by atoms with van der Waals surface area (Å²) in [5.41, 5.74) is 5.06. The Morgan fingerprint density at radius 2 is 1.69 bits per heavy atom. The Balaban J connectivity index is 1.85. The van der Waals surface area contributed by atoms with Gasteiger partial charge in [0.25, 0.3) is 0 Å². The quantitative estimate of drug-likeness (QED) is 0.316. The standard InChI is InChI=1S/C29H45N5O5/c1-17(2)25-28(38)31-20(5)29(39)34-15-9-13-23(33-34)27(37)30-19(4)22-12-8-11-21(16-22)10-6-7-14-24(35)18(3)26(36)32-25/h6,8,10-12,16-20,23-25,29,33,35,39H,7,9,13-15H2,1-5H3,(H,30,37)(H,31,38)(H,32,36)/b10-6+/t18-,19-,20+,23+,24-,25+,29?/m1/s1. The molecule has 0 spiro atoms. The topological polar surface area (TPSA) is 143 Å². The van der Waals surface area contributed by atoms with E-state index in [4.69, 9.17) is 0 Å². The molecule has 1 fully saturated rings. The zero-order valence-corrected chi connectivity index (χ0v) is 23.7. The molecule has 2 unspecified atom stereocenters. The molecule has 39 heavy (non-hydrogen) atoms. The van der Waals surface area contributed by atoms with Crippen LogP contribution < -0.4 is 21.4 Å². The summed E-state index contributed by atoms with van der Waals surface area (Å²) < 4.78 is 0. The summed E-state index contributed by atoms with van der Waals surface area (Å²) in [5, 5.41) is 31.9. The van der Waals surface area contributed by atoms with Crippen LogP contribution in [0, 0.1) is 11.8 Å². The van der Waals surface area contributed by atoms with Crippen molar-refractivity contribution in [3.63, 3.8) is 0 Å². The molecule has 10 heteroatoms. The number of allylic oxidation sites excluding steroid dienone is 1. The first-order valence-corrected chi connectivity index (χ1v) is 14.0. The largest absolute Gasteiger partial charge is 0.392 e. The van der Waals surface area contributed by atoms with E-state index in [1.807, 2.05) is 57.2 Å². The zero-order valence-electron chi connectivity index (χ0n) is 23.7. The minimum absolute atomic E-state index is 0.162. The van der Waals surface area contributed by atoms with E-state index in [0.717, 1.165) is 11.1 Å². The summed E-state index contributed by atoms with van der Waals surface area (Å²) in [6, 6.07) is 5.63. The third kappa shape index (κ3) is 8.35. The molecule has 1 aromatic carbocycles. The number of aliphatic hydroxyl groups excluding tert-OH is 2. The number of hydrazine groups is 1. The Kier molecular flexibility index (Phi) is 11.1. The number of hydrogen-bond acceptors (Lipinski definition) is 7. The second-order valence-corrected chi connectivity index (χ2v) is 11.2. The third-order valence-electron chi connectivity index (χ3n) is 7.61. The maximum Gasteiger partial charge on any atom is 0.243 e. The number of amides is 3. The van der Waals surface area contributed by atoms with Crippen LogP contribution in [-0.2, 0) is 14.4 Å². The number of carbonyl (C=O) groups is 3. The van der Waals surface area contributed by atoms with E-state index >= 15 is 0 Å². The van der Waals surface area contributed by atoms with Crippen molar-refractivity contribution in [2.45, 2.75) is 96.8 Å². The van der Waals surface area contributed by atoms with Crippen molar-refractivity contribution in [1.82, 2.24) is 26.4 Å². The highest BCUT2D eigenvalue weighted by molar-refractivity contribution is 5.89. The molecule has 8 atom stereocenters. The van der Waals surface area contributed by atoms with Crippen LogP contribution in [0.15, 0.2) is 30.3 Å². The Hall–Kier alpha value is -2.79. The summed E-state index contributed by atoms with van der Waals surface area (Å²) in [5.74, 6) is -1.89. The highest BCUT2D eigenvalue weighted by Crippen LogP contribution is 2.19. The summed E-state index contributed by atoms with van der Waals surface area (Å²) in [6.07, 6.45) is 4.24. The molecule has 10 nitrogen and oxygen atoms in total. The summed E-state index contributed by atoms with van der Waals surface area (Å²) in [4.78, 5) is 39.1. The molecule has 0 aromatic heterocycles. The molecule has 0 aliphatic carbocycles. The predicted octanol–water partition coefficient (Wildman–Crippen LogP) is 1.60. The lowest BCUT2D eigenvalue weighted by molar-refractivity contribution is -0.137. The number of nitrogens with one attached hydrogen (secondary N) is 4. The highest BCUT2D eigenvalue weighted by Gasteiger charge is 2.34. The van der Waals surface area contributed by atoms with Gasteiger partial charge in [0.2, 0.25) is 17.7 Å². The van der Waals surface area contributed by atoms with Crippen LogP contribution in [-0.4, -0.2) is 69.9 Å². The lowest BCUT2D eigenvalue weighted by Crippen LogP contribution is -2.63. The van der Waals surface area contributed by atoms with E-state index in [1.165, 1.54) is 0 Å². The molecule has 0 saturated carbocycles. The fraction of sp³-hybridized carbons (Fsp3) is 0.621. The average molecular weight is 544 g/mol. The van der Waals surface area contributed by atoms with Gasteiger partial charge in [0.15, 0.2) is 0 Å². The van der Waals surface area contributed by atoms with Crippen LogP contribution in [0.5, 0.6) is 0 Å². The number of nitrogens with zero attached hydrogens (tertiary/aromatic N) is 1. The fourth-order valence-electron chi connectivity index (χ4n) is 4.91. The van der Waals surface area contributed by atoms with E-state index in [1.54, 1.807) is 18.9 Å². The normalized spacial score (nSPS) is 34.6. The Labute approximate surface area is 231 Å². The van der Waals surface area contributed by atoms with Crippen LogP contribution in [0.3, 0.4) is 0 Å². The van der Waals surface area contributed by atoms with Gasteiger partial charge in [-0.1, -0.05) is 51.1 Å². The van der Waals surface area contributed by atoms with Gasteiger partial charge in [-0.25, -0.2) is 10.4 Å². The van der Waals surface area contributed by atoms with E-state index in [9.17, 15) is 24.6 Å². The van der Waals surface area contributed by atoms with Crippen LogP contribution in [0.25, 0.3) is 6.08 Å². The SMILES string of the molecule is CC(C)[C@@H]1NC(=O)[C@H](C)[C@H](O)CC/C=C/c2cccc(c2)[C@@H](C)NC(=O)[C@@H]2CCCN(N2)C(O)[C@H](C)NC1=O. The van der Waals surface area contributed by atoms with Gasteiger partial charge in [0.1, 0.15) is 18.3 Å². The van der Waals surface area contributed by atoms with E-state index in [2.05, 4.69) is 21.4 Å². The molecule has 1 saturated heterocycles. The summed E-state index contributed by atoms with van der Waals surface area (Å²) >= 11 is 0. The van der Waals surface area contributed by atoms with Crippen molar-refractivity contribution in [1.29, 1.82) is 0 Å². The van der Waals surface area contributed by atoms with Gasteiger partial charge >= 0.3 is 0 Å². The first kappa shape index (κ1) is 30.7. The highest BCUT2D eigenvalue weighted by atomic mass is 16.3. The third-order valence-corrected chi connectivity index (χ3v) is 7.61. The van der Waals surface area contributed by atoms with Gasteiger partial charge in [0, 0.05) is 6.54 Å². The van der Waals surface area contributed by atoms with E-state index in [-0.39, 0.29) is 17.9 Å². The molecule has 3 amide bonds. The molecule has 2 aliphatic heterocycles. The van der Waals surface area contributed by atoms with Crippen molar-refractivity contribution in [2.24, 2.45) is 11.8 Å². The van der Waals surface area contributed by atoms with Crippen LogP contribution in [0.1, 0.15) is 77.5 Å². The molecule has 3 rings (SSSR count). The monoisotopic (exact) mass is 543 g/mol. The first-order valence-electron chi connectivity index (χ1n) is 14.0. The summed E-state index contributed by atoms with van der Waals surface area (Å²) in [6.45, 7) is 9.43. The number of fused-ring (bicyclic) bond motifs is 4. The zero-order chi connectivity index (χ0) is 28.7. The number of carbonyl (C=O) groups excluding carboxylic acids is 3. The second-order valence-electron chi connectivity index (χ2n) is 11.2. The van der Waals surface area contributed by atoms with Crippen molar-refractivity contribution in [3.05, 3.63) is 41.5 Å². The van der Waals surface area contributed by atoms with Crippen molar-refractivity contribution >= 4 is 23.8 Å². The van der Waals surface area contributed by atoms with Gasteiger partial charge in [-0.15, -0.1) is 0 Å². The van der Waals surface area contributed by atoms with Gasteiger partial charge in [0.05, 0.1) is 24.1 Å². The number of benzene rings is 1. The molecule has 2 aliphatic rings. The molecule has 0 radical (unpaired) electrons. The fourth-order valence-corrected chi connectivity index (χ4v) is 4.91. The number of hydrogen-bond donors (Lipinski definition) is 6. The molecule has 216 valence electrons. The maximum atomic E-state index is 13.1. The molecule has 6 N–H and O–H groups in total. The molecular weight excluding hydrogens is 498 g/mol. The molecular formula is C29H45N5O5. The molecule has 2 heterocycles. The van der Waals surface area contributed by atoms with E-state index < -0.39 is 48.2 Å². The number of aliphatic hydroxyl groups is 2. The Morgan fingerprint density at radius 1 is 0.949 bits per heavy atom. The predicted molar refractivity (Wildman–Crippen MR) is 150 cm³/mol. The van der Waals surface area contributed by atoms with Crippen LogP contribution in [0.2, 0.25) is 0 Å². The molecule has 1 aromatic rings. The van der Waals surface area contributed by atoms with Crippen LogP contribution >= 0.6 is 0 Å². The lowest BCUT2D eigenvalue weighted by Gasteiger charge is -2.39. The maximum absolute atomic E-state index is 13.1. The minimum Gasteiger partial charge on any atom is -0.392 e. The van der Waals surface area contributed by atoms with Crippen molar-refractivity contribution < 1.29 is 24.6 Å². The van der Waals surface area contributed by atoms with Crippen molar-refractivity contribution in [2.75, 3.05) is 6.54 Å². The second kappa shape index (κ2) is 14.0. The van der Waals surface area contributed by atoms with Crippen molar-refractivity contribution in [3.8, 4) is 0 Å². The Bertz CT molecular complexity index is 1030.